The molecule has 1 amide bonds. The van der Waals surface area contributed by atoms with E-state index in [1.165, 1.54) is 11.3 Å². The van der Waals surface area contributed by atoms with Gasteiger partial charge < -0.3 is 0 Å². The van der Waals surface area contributed by atoms with Crippen molar-refractivity contribution in [2.45, 2.75) is 0 Å². The van der Waals surface area contributed by atoms with Gasteiger partial charge in [0.1, 0.15) is 0 Å². The molecule has 0 aliphatic rings. The fourth-order valence-electron chi connectivity index (χ4n) is 1.15. The fraction of sp³-hybridized carbons (Fsp3) is 0. The maximum atomic E-state index is 11.9. The summed E-state index contributed by atoms with van der Waals surface area (Å²) in [7, 11) is 0. The highest BCUT2D eigenvalue weighted by atomic mass is 79.9. The van der Waals surface area contributed by atoms with Crippen molar-refractivity contribution in [3.63, 3.8) is 0 Å². The van der Waals surface area contributed by atoms with Crippen molar-refractivity contribution in [3.05, 3.63) is 43.2 Å². The number of rotatable bonds is 2. The van der Waals surface area contributed by atoms with Crippen molar-refractivity contribution in [1.29, 1.82) is 0 Å². The van der Waals surface area contributed by atoms with Gasteiger partial charge in [0.05, 0.1) is 15.5 Å². The molecule has 0 aliphatic heterocycles. The Bertz CT molecular complexity index is 573. The summed E-state index contributed by atoms with van der Waals surface area (Å²) in [5.41, 5.74) is 0.515. The molecule has 17 heavy (non-hydrogen) atoms. The van der Waals surface area contributed by atoms with Gasteiger partial charge in [-0.2, -0.15) is 0 Å². The van der Waals surface area contributed by atoms with Gasteiger partial charge in [0.25, 0.3) is 5.91 Å². The van der Waals surface area contributed by atoms with E-state index in [1.807, 2.05) is 0 Å². The first-order valence-corrected chi connectivity index (χ1v) is 7.22. The summed E-state index contributed by atoms with van der Waals surface area (Å²) in [5, 5.41) is 3.82. The zero-order chi connectivity index (χ0) is 12.4. The average Bonchev–Trinajstić information content (AvgIpc) is 2.63. The first-order valence-electron chi connectivity index (χ1n) is 4.44. The van der Waals surface area contributed by atoms with E-state index in [0.29, 0.717) is 20.2 Å². The summed E-state index contributed by atoms with van der Waals surface area (Å²) < 4.78 is 1.51. The van der Waals surface area contributed by atoms with E-state index in [-0.39, 0.29) is 5.91 Å². The molecule has 1 heterocycles. The van der Waals surface area contributed by atoms with Gasteiger partial charge in [-0.15, -0.1) is 0 Å². The molecule has 0 saturated heterocycles. The van der Waals surface area contributed by atoms with Crippen molar-refractivity contribution >= 4 is 65.8 Å². The zero-order valence-electron chi connectivity index (χ0n) is 8.21. The lowest BCUT2D eigenvalue weighted by Gasteiger charge is -2.04. The maximum absolute atomic E-state index is 11.9. The van der Waals surface area contributed by atoms with E-state index >= 15 is 0 Å². The van der Waals surface area contributed by atoms with E-state index in [0.717, 1.165) is 3.79 Å². The summed E-state index contributed by atoms with van der Waals surface area (Å²) in [4.78, 5) is 15.9. The van der Waals surface area contributed by atoms with Crippen molar-refractivity contribution < 1.29 is 4.79 Å². The molecule has 1 N–H and O–H groups in total. The molecule has 0 spiro atoms. The molecular weight excluding hydrogens is 391 g/mol. The quantitative estimate of drug-likeness (QED) is 0.808. The third-order valence-corrected chi connectivity index (χ3v) is 4.16. The first-order chi connectivity index (χ1) is 8.06. The molecule has 2 rings (SSSR count). The molecule has 0 saturated carbocycles. The lowest BCUT2D eigenvalue weighted by molar-refractivity contribution is 0.102. The molecule has 3 nitrogen and oxygen atoms in total. The number of carbonyl (C=O) groups excluding carboxylic acids is 1. The van der Waals surface area contributed by atoms with Crippen LogP contribution in [0.15, 0.2) is 32.7 Å². The Hall–Kier alpha value is -0.430. The van der Waals surface area contributed by atoms with Gasteiger partial charge in [0, 0.05) is 9.50 Å². The van der Waals surface area contributed by atoms with Gasteiger partial charge in [0.2, 0.25) is 0 Å². The molecule has 88 valence electrons. The Balaban J connectivity index is 2.20. The summed E-state index contributed by atoms with van der Waals surface area (Å²) in [6, 6.07) is 5.00. The number of nitrogens with one attached hydrogen (secondary N) is 1. The minimum absolute atomic E-state index is 0.226. The lowest BCUT2D eigenvalue weighted by Crippen LogP contribution is -2.12. The number of hydrogen-bond donors (Lipinski definition) is 1. The molecule has 0 aliphatic carbocycles. The van der Waals surface area contributed by atoms with Crippen molar-refractivity contribution in [2.75, 3.05) is 5.32 Å². The number of anilines is 1. The van der Waals surface area contributed by atoms with Crippen LogP contribution in [-0.2, 0) is 0 Å². The predicted octanol–water partition coefficient (Wildman–Crippen LogP) is 4.57. The smallest absolute Gasteiger partial charge is 0.258 e. The minimum atomic E-state index is -0.226. The van der Waals surface area contributed by atoms with Gasteiger partial charge in [-0.1, -0.05) is 22.9 Å². The largest absolute Gasteiger partial charge is 0.298 e. The molecule has 1 aromatic carbocycles. The maximum Gasteiger partial charge on any atom is 0.258 e. The molecule has 0 fully saturated rings. The topological polar surface area (TPSA) is 42.0 Å². The zero-order valence-corrected chi connectivity index (χ0v) is 13.0. The molecular formula is C10H5Br2ClN2OS. The van der Waals surface area contributed by atoms with E-state index < -0.39 is 0 Å². The predicted molar refractivity (Wildman–Crippen MR) is 76.9 cm³/mol. The van der Waals surface area contributed by atoms with Gasteiger partial charge in [-0.25, -0.2) is 4.98 Å². The van der Waals surface area contributed by atoms with Crippen molar-refractivity contribution in [2.24, 2.45) is 0 Å². The standard InChI is InChI=1S/C10H5Br2ClN2OS/c11-7-3-5(13)1-2-6(7)9(16)15-10-14-4-8(12)17-10/h1-4H,(H,14,15,16). The summed E-state index contributed by atoms with van der Waals surface area (Å²) >= 11 is 13.7. The Morgan fingerprint density at radius 1 is 1.41 bits per heavy atom. The lowest BCUT2D eigenvalue weighted by atomic mass is 10.2. The number of hydrogen-bond acceptors (Lipinski definition) is 3. The Morgan fingerprint density at radius 2 is 2.18 bits per heavy atom. The highest BCUT2D eigenvalue weighted by Gasteiger charge is 2.12. The van der Waals surface area contributed by atoms with Crippen LogP contribution in [-0.4, -0.2) is 10.9 Å². The first kappa shape index (κ1) is 13.0. The van der Waals surface area contributed by atoms with Crippen LogP contribution < -0.4 is 5.32 Å². The van der Waals surface area contributed by atoms with Crippen LogP contribution in [0.3, 0.4) is 0 Å². The van der Waals surface area contributed by atoms with Gasteiger partial charge in [-0.05, 0) is 50.1 Å². The molecule has 0 atom stereocenters. The number of benzene rings is 1. The molecule has 2 aromatic rings. The molecule has 1 aromatic heterocycles. The van der Waals surface area contributed by atoms with Crippen LogP contribution in [0.25, 0.3) is 0 Å². The second-order valence-corrected chi connectivity index (χ2v) is 6.75. The highest BCUT2D eigenvalue weighted by molar-refractivity contribution is 9.11. The highest BCUT2D eigenvalue weighted by Crippen LogP contribution is 2.26. The summed E-state index contributed by atoms with van der Waals surface area (Å²) in [5.74, 6) is -0.226. The summed E-state index contributed by atoms with van der Waals surface area (Å²) in [6.45, 7) is 0. The van der Waals surface area contributed by atoms with Crippen LogP contribution in [0.5, 0.6) is 0 Å². The number of amides is 1. The SMILES string of the molecule is O=C(Nc1ncc(Br)s1)c1ccc(Cl)cc1Br. The Morgan fingerprint density at radius 3 is 2.76 bits per heavy atom. The van der Waals surface area contributed by atoms with Crippen LogP contribution in [0.2, 0.25) is 5.02 Å². The minimum Gasteiger partial charge on any atom is -0.298 e. The van der Waals surface area contributed by atoms with Gasteiger partial charge in [-0.3, -0.25) is 10.1 Å². The number of halogens is 3. The number of carbonyl (C=O) groups is 1. The second kappa shape index (κ2) is 5.48. The Kier molecular flexibility index (Phi) is 4.19. The molecule has 0 bridgehead atoms. The van der Waals surface area contributed by atoms with E-state index in [2.05, 4.69) is 42.2 Å². The molecule has 7 heteroatoms. The second-order valence-electron chi connectivity index (χ2n) is 3.05. The van der Waals surface area contributed by atoms with E-state index in [9.17, 15) is 4.79 Å². The normalized spacial score (nSPS) is 10.3. The van der Waals surface area contributed by atoms with E-state index in [4.69, 9.17) is 11.6 Å². The van der Waals surface area contributed by atoms with Crippen molar-refractivity contribution in [3.8, 4) is 0 Å². The molecule has 0 unspecified atom stereocenters. The third kappa shape index (κ3) is 3.28. The number of nitrogens with zero attached hydrogens (tertiary/aromatic N) is 1. The van der Waals surface area contributed by atoms with Crippen molar-refractivity contribution in [1.82, 2.24) is 4.98 Å². The van der Waals surface area contributed by atoms with Crippen LogP contribution in [0.4, 0.5) is 5.13 Å². The number of aromatic nitrogens is 1. The van der Waals surface area contributed by atoms with E-state index in [1.54, 1.807) is 24.4 Å². The number of thiazole rings is 1. The van der Waals surface area contributed by atoms with Gasteiger partial charge >= 0.3 is 0 Å². The fourth-order valence-corrected chi connectivity index (χ4v) is 3.11. The average molecular weight is 396 g/mol. The monoisotopic (exact) mass is 394 g/mol. The van der Waals surface area contributed by atoms with Crippen LogP contribution in [0.1, 0.15) is 10.4 Å². The Labute approximate surface area is 123 Å². The van der Waals surface area contributed by atoms with Gasteiger partial charge in [0.15, 0.2) is 5.13 Å². The van der Waals surface area contributed by atoms with Crippen LogP contribution >= 0.6 is 54.8 Å². The summed E-state index contributed by atoms with van der Waals surface area (Å²) in [6.07, 6.45) is 1.64. The third-order valence-electron chi connectivity index (χ3n) is 1.87. The van der Waals surface area contributed by atoms with Crippen LogP contribution in [0, 0.1) is 0 Å². The molecule has 0 radical (unpaired) electrons.